The smallest absolute Gasteiger partial charge is 0.201 e. The largest absolute Gasteiger partial charge is 0.369 e. The van der Waals surface area contributed by atoms with Gasteiger partial charge in [0.1, 0.15) is 0 Å². The molecule has 0 spiro atoms. The summed E-state index contributed by atoms with van der Waals surface area (Å²) < 4.78 is 2.00. The van der Waals surface area contributed by atoms with Crippen molar-refractivity contribution in [1.82, 2.24) is 14.9 Å². The van der Waals surface area contributed by atoms with Crippen LogP contribution in [0.5, 0.6) is 0 Å². The van der Waals surface area contributed by atoms with Crippen LogP contribution in [0.2, 0.25) is 0 Å². The molecule has 4 heteroatoms. The van der Waals surface area contributed by atoms with E-state index in [4.69, 9.17) is 5.73 Å². The number of benzene rings is 1. The molecule has 0 aliphatic rings. The third-order valence-corrected chi connectivity index (χ3v) is 2.50. The van der Waals surface area contributed by atoms with Gasteiger partial charge < -0.3 is 15.6 Å². The van der Waals surface area contributed by atoms with Crippen molar-refractivity contribution in [3.05, 3.63) is 24.3 Å². The van der Waals surface area contributed by atoms with E-state index in [0.29, 0.717) is 5.95 Å². The van der Waals surface area contributed by atoms with Crippen molar-refractivity contribution in [2.24, 2.45) is 0 Å². The van der Waals surface area contributed by atoms with E-state index in [0.717, 1.165) is 30.7 Å². The number of nitrogen functional groups attached to an aromatic ring is 1. The molecule has 3 N–H and O–H groups in total. The minimum Gasteiger partial charge on any atom is -0.369 e. The van der Waals surface area contributed by atoms with Gasteiger partial charge in [0.25, 0.3) is 0 Å². The number of aryl methyl sites for hydroxylation is 1. The fourth-order valence-electron chi connectivity index (χ4n) is 1.68. The zero-order valence-corrected chi connectivity index (χ0v) is 10.9. The Balaban J connectivity index is 0.000000249. The number of anilines is 1. The maximum absolute atomic E-state index is 5.72. The van der Waals surface area contributed by atoms with Crippen LogP contribution in [-0.4, -0.2) is 22.6 Å². The molecule has 1 heterocycles. The van der Waals surface area contributed by atoms with Crippen LogP contribution in [0.3, 0.4) is 0 Å². The lowest BCUT2D eigenvalue weighted by Crippen LogP contribution is -2.09. The minimum atomic E-state index is 0.596. The molecule has 0 fully saturated rings. The predicted octanol–water partition coefficient (Wildman–Crippen LogP) is 2.25. The van der Waals surface area contributed by atoms with E-state index >= 15 is 0 Å². The summed E-state index contributed by atoms with van der Waals surface area (Å²) >= 11 is 0. The number of nitrogens with zero attached hydrogens (tertiary/aromatic N) is 2. The van der Waals surface area contributed by atoms with Crippen molar-refractivity contribution in [1.29, 1.82) is 0 Å². The molecule has 0 amide bonds. The number of hydrogen-bond acceptors (Lipinski definition) is 3. The summed E-state index contributed by atoms with van der Waals surface area (Å²) in [7, 11) is 0. The highest BCUT2D eigenvalue weighted by Crippen LogP contribution is 2.16. The first-order valence-electron chi connectivity index (χ1n) is 6.16. The lowest BCUT2D eigenvalue weighted by atomic mass is 10.3. The molecule has 0 bridgehead atoms. The number of nitrogens with two attached hydrogens (primary N) is 1. The Kier molecular flexibility index (Phi) is 5.49. The Morgan fingerprint density at radius 1 is 1.18 bits per heavy atom. The van der Waals surface area contributed by atoms with Gasteiger partial charge in [0.15, 0.2) is 0 Å². The molecular formula is C13H22N4. The predicted molar refractivity (Wildman–Crippen MR) is 74.0 cm³/mol. The van der Waals surface area contributed by atoms with Gasteiger partial charge in [0.2, 0.25) is 5.95 Å². The molecule has 0 radical (unpaired) electrons. The van der Waals surface area contributed by atoms with Crippen LogP contribution in [0, 0.1) is 0 Å². The Morgan fingerprint density at radius 2 is 1.82 bits per heavy atom. The molecule has 0 saturated carbocycles. The zero-order chi connectivity index (χ0) is 12.7. The van der Waals surface area contributed by atoms with E-state index in [9.17, 15) is 0 Å². The highest BCUT2D eigenvalue weighted by Gasteiger charge is 2.03. The van der Waals surface area contributed by atoms with Gasteiger partial charge in [-0.25, -0.2) is 4.98 Å². The van der Waals surface area contributed by atoms with Gasteiger partial charge in [0.05, 0.1) is 11.0 Å². The maximum atomic E-state index is 5.72. The SMILES string of the molecule is CCNCC.CCn1c(N)nc2ccccc21. The van der Waals surface area contributed by atoms with Crippen molar-refractivity contribution < 1.29 is 0 Å². The highest BCUT2D eigenvalue weighted by atomic mass is 15.1. The second kappa shape index (κ2) is 6.91. The summed E-state index contributed by atoms with van der Waals surface area (Å²) in [5.74, 6) is 0.596. The van der Waals surface area contributed by atoms with E-state index < -0.39 is 0 Å². The molecule has 1 aromatic carbocycles. The van der Waals surface area contributed by atoms with Crippen LogP contribution >= 0.6 is 0 Å². The molecule has 0 aliphatic heterocycles. The van der Waals surface area contributed by atoms with Gasteiger partial charge in [-0.2, -0.15) is 0 Å². The van der Waals surface area contributed by atoms with Gasteiger partial charge in [-0.1, -0.05) is 26.0 Å². The van der Waals surface area contributed by atoms with E-state index in [-0.39, 0.29) is 0 Å². The van der Waals surface area contributed by atoms with E-state index in [1.165, 1.54) is 0 Å². The monoisotopic (exact) mass is 234 g/mol. The molecule has 2 aromatic rings. The van der Waals surface area contributed by atoms with Crippen molar-refractivity contribution in [3.8, 4) is 0 Å². The summed E-state index contributed by atoms with van der Waals surface area (Å²) in [4.78, 5) is 4.22. The molecule has 2 rings (SSSR count). The van der Waals surface area contributed by atoms with E-state index in [1.54, 1.807) is 0 Å². The van der Waals surface area contributed by atoms with Gasteiger partial charge >= 0.3 is 0 Å². The van der Waals surface area contributed by atoms with Gasteiger partial charge in [-0.3, -0.25) is 0 Å². The summed E-state index contributed by atoms with van der Waals surface area (Å²) in [5, 5.41) is 3.11. The fraction of sp³-hybridized carbons (Fsp3) is 0.462. The van der Waals surface area contributed by atoms with Crippen LogP contribution in [0.4, 0.5) is 5.95 Å². The molecular weight excluding hydrogens is 212 g/mol. The van der Waals surface area contributed by atoms with Crippen LogP contribution in [0.1, 0.15) is 20.8 Å². The van der Waals surface area contributed by atoms with Crippen LogP contribution in [0.25, 0.3) is 11.0 Å². The summed E-state index contributed by atoms with van der Waals surface area (Å²) in [6.07, 6.45) is 0. The first kappa shape index (κ1) is 13.5. The van der Waals surface area contributed by atoms with Gasteiger partial charge in [-0.15, -0.1) is 0 Å². The van der Waals surface area contributed by atoms with Crippen molar-refractivity contribution in [2.75, 3.05) is 18.8 Å². The Labute approximate surface area is 103 Å². The lowest BCUT2D eigenvalue weighted by molar-refractivity contribution is 0.762. The number of nitrogens with one attached hydrogen (secondary N) is 1. The number of hydrogen-bond donors (Lipinski definition) is 2. The number of fused-ring (bicyclic) bond motifs is 1. The second-order valence-electron chi connectivity index (χ2n) is 3.66. The lowest BCUT2D eigenvalue weighted by Gasteiger charge is -1.99. The fourth-order valence-corrected chi connectivity index (χ4v) is 1.68. The standard InChI is InChI=1S/C9H11N3.C4H11N/c1-2-12-8-6-4-3-5-7(8)11-9(12)10;1-3-5-4-2/h3-6H,2H2,1H3,(H2,10,11);5H,3-4H2,1-2H3. The number of para-hydroxylation sites is 2. The molecule has 0 unspecified atom stereocenters. The summed E-state index contributed by atoms with van der Waals surface area (Å²) in [5.41, 5.74) is 7.79. The first-order valence-corrected chi connectivity index (χ1v) is 6.16. The summed E-state index contributed by atoms with van der Waals surface area (Å²) in [6, 6.07) is 7.96. The van der Waals surface area contributed by atoms with Crippen molar-refractivity contribution in [2.45, 2.75) is 27.3 Å². The molecule has 94 valence electrons. The average Bonchev–Trinajstić information content (AvgIpc) is 2.66. The molecule has 17 heavy (non-hydrogen) atoms. The van der Waals surface area contributed by atoms with Crippen LogP contribution in [0.15, 0.2) is 24.3 Å². The summed E-state index contributed by atoms with van der Waals surface area (Å²) in [6.45, 7) is 9.32. The number of aromatic nitrogens is 2. The topological polar surface area (TPSA) is 55.9 Å². The van der Waals surface area contributed by atoms with E-state index in [2.05, 4.69) is 31.1 Å². The Morgan fingerprint density at radius 3 is 2.35 bits per heavy atom. The number of imidazole rings is 1. The van der Waals surface area contributed by atoms with Crippen LogP contribution < -0.4 is 11.1 Å². The van der Waals surface area contributed by atoms with Crippen molar-refractivity contribution in [3.63, 3.8) is 0 Å². The average molecular weight is 234 g/mol. The van der Waals surface area contributed by atoms with Crippen molar-refractivity contribution >= 4 is 17.0 Å². The van der Waals surface area contributed by atoms with Gasteiger partial charge in [-0.05, 0) is 32.1 Å². The third kappa shape index (κ3) is 3.46. The Bertz CT molecular complexity index is 446. The normalized spacial score (nSPS) is 10.1. The highest BCUT2D eigenvalue weighted by molar-refractivity contribution is 5.78. The first-order chi connectivity index (χ1) is 8.24. The zero-order valence-electron chi connectivity index (χ0n) is 10.9. The quantitative estimate of drug-likeness (QED) is 0.856. The second-order valence-corrected chi connectivity index (χ2v) is 3.66. The molecule has 4 nitrogen and oxygen atoms in total. The van der Waals surface area contributed by atoms with Crippen LogP contribution in [-0.2, 0) is 6.54 Å². The number of rotatable bonds is 3. The Hall–Kier alpha value is -1.55. The maximum Gasteiger partial charge on any atom is 0.201 e. The molecule has 0 aliphatic carbocycles. The molecule has 1 aromatic heterocycles. The van der Waals surface area contributed by atoms with E-state index in [1.807, 2.05) is 28.8 Å². The minimum absolute atomic E-state index is 0.596. The molecule has 0 saturated heterocycles. The third-order valence-electron chi connectivity index (χ3n) is 2.50. The molecule has 0 atom stereocenters. The van der Waals surface area contributed by atoms with Gasteiger partial charge in [0, 0.05) is 6.54 Å².